The third kappa shape index (κ3) is 8.68. The number of likely N-dealkylation sites (tertiary alicyclic amines) is 2. The van der Waals surface area contributed by atoms with Gasteiger partial charge in [-0.25, -0.2) is 8.78 Å². The fourth-order valence-corrected chi connectivity index (χ4v) is 13.3. The van der Waals surface area contributed by atoms with Crippen molar-refractivity contribution < 1.29 is 42.9 Å². The maximum Gasteiger partial charge on any atom is 0.319 e. The lowest BCUT2D eigenvalue weighted by Crippen LogP contribution is -2.56. The minimum atomic E-state index is -0.973. The van der Waals surface area contributed by atoms with Crippen molar-refractivity contribution in [2.24, 2.45) is 10.8 Å². The number of fused-ring (bicyclic) bond motifs is 3. The second-order valence-electron chi connectivity index (χ2n) is 22.7. The Bertz CT molecular complexity index is 3100. The van der Waals surface area contributed by atoms with Gasteiger partial charge in [-0.05, 0) is 174 Å². The molecule has 7 aliphatic rings. The normalized spacial score (nSPS) is 24.6. The monoisotopic (exact) mass is 996 g/mol. The first-order chi connectivity index (χ1) is 35.1. The molecule has 1 unspecified atom stereocenters. The number of amides is 4. The highest BCUT2D eigenvalue weighted by Gasteiger charge is 2.51. The van der Waals surface area contributed by atoms with Crippen molar-refractivity contribution in [1.82, 2.24) is 35.0 Å². The molecule has 0 radical (unpaired) electrons. The Hall–Kier alpha value is -6.17. The highest BCUT2D eigenvalue weighted by Crippen LogP contribution is 2.53. The number of β-amino-alcohol motifs (C(OH)–C–C–N with tert-alkyl or cyclic N) is 1. The summed E-state index contributed by atoms with van der Waals surface area (Å²) in [7, 11) is 0. The SMILES string of the molecule is CCc1c(F)ccc2cc(O)cc(-c3ncc4c(N5CCC[C@@](C)(O)C5)nc(OCC5(CN6CCC7(CC6)CC(N6CCC(c8ccc9c(c8)C(=O)N(C8CCC(=O)NC8=O)C9=O)CC6)C7)CC5)nc4c3F)c12. The number of aromatic nitrogens is 3. The minimum absolute atomic E-state index is 0.00705. The van der Waals surface area contributed by atoms with E-state index in [0.717, 1.165) is 81.7 Å². The van der Waals surface area contributed by atoms with Crippen LogP contribution in [-0.4, -0.2) is 134 Å². The molecule has 2 atom stereocenters. The number of nitrogens with zero attached hydrogens (tertiary/aromatic N) is 7. The number of aromatic hydroxyl groups is 1. The summed E-state index contributed by atoms with van der Waals surface area (Å²) in [6, 6.07) is 11.1. The van der Waals surface area contributed by atoms with Gasteiger partial charge in [0.05, 0.1) is 28.7 Å². The number of carbonyl (C=O) groups excluding carboxylic acids is 4. The van der Waals surface area contributed by atoms with Gasteiger partial charge >= 0.3 is 6.01 Å². The van der Waals surface area contributed by atoms with Crippen molar-refractivity contribution in [3.8, 4) is 23.0 Å². The highest BCUT2D eigenvalue weighted by molar-refractivity contribution is 6.23. The van der Waals surface area contributed by atoms with Gasteiger partial charge in [0.15, 0.2) is 5.82 Å². The zero-order valence-electron chi connectivity index (χ0n) is 41.5. The fourth-order valence-electron chi connectivity index (χ4n) is 13.3. The number of benzene rings is 3. The first-order valence-corrected chi connectivity index (χ1v) is 26.3. The van der Waals surface area contributed by atoms with Crippen LogP contribution in [0.5, 0.6) is 11.8 Å². The molecule has 2 aromatic heterocycles. The van der Waals surface area contributed by atoms with Crippen LogP contribution in [-0.2, 0) is 16.0 Å². The van der Waals surface area contributed by atoms with Crippen molar-refractivity contribution in [2.45, 2.75) is 121 Å². The van der Waals surface area contributed by atoms with E-state index in [-0.39, 0.29) is 52.7 Å². The summed E-state index contributed by atoms with van der Waals surface area (Å²) in [6.45, 7) is 9.81. The van der Waals surface area contributed by atoms with Crippen LogP contribution in [0.25, 0.3) is 32.9 Å². The molecule has 7 heterocycles. The predicted octanol–water partition coefficient (Wildman–Crippen LogP) is 7.43. The minimum Gasteiger partial charge on any atom is -0.508 e. The van der Waals surface area contributed by atoms with E-state index >= 15 is 8.78 Å². The molecule has 4 amide bonds. The van der Waals surface area contributed by atoms with Crippen molar-refractivity contribution in [3.63, 3.8) is 0 Å². The Balaban J connectivity index is 0.679. The van der Waals surface area contributed by atoms with Gasteiger partial charge in [0.1, 0.15) is 34.6 Å². The van der Waals surface area contributed by atoms with E-state index < -0.39 is 46.9 Å². The lowest BCUT2D eigenvalue weighted by atomic mass is 9.59. The van der Waals surface area contributed by atoms with Gasteiger partial charge in [0.2, 0.25) is 11.8 Å². The van der Waals surface area contributed by atoms with Crippen molar-refractivity contribution in [2.75, 3.05) is 57.3 Å². The Morgan fingerprint density at radius 1 is 0.863 bits per heavy atom. The molecular weight excluding hydrogens is 935 g/mol. The van der Waals surface area contributed by atoms with E-state index in [0.29, 0.717) is 89.1 Å². The van der Waals surface area contributed by atoms with E-state index in [2.05, 4.69) is 20.1 Å². The maximum atomic E-state index is 17.2. The van der Waals surface area contributed by atoms with E-state index in [9.17, 15) is 29.4 Å². The van der Waals surface area contributed by atoms with E-state index in [1.54, 1.807) is 19.1 Å². The number of imide groups is 2. The number of aliphatic hydroxyl groups is 1. The number of ether oxygens (including phenoxy) is 1. The van der Waals surface area contributed by atoms with Crippen LogP contribution in [0.15, 0.2) is 48.7 Å². The summed E-state index contributed by atoms with van der Waals surface area (Å²) in [5, 5.41) is 25.5. The Morgan fingerprint density at radius 2 is 1.63 bits per heavy atom. The van der Waals surface area contributed by atoms with Gasteiger partial charge in [-0.3, -0.25) is 34.4 Å². The van der Waals surface area contributed by atoms with Gasteiger partial charge in [0, 0.05) is 49.3 Å². The summed E-state index contributed by atoms with van der Waals surface area (Å²) in [4.78, 5) is 73.4. The molecule has 2 aliphatic carbocycles. The summed E-state index contributed by atoms with van der Waals surface area (Å²) in [5.41, 5.74) is 1.64. The number of carbonyl (C=O) groups is 4. The summed E-state index contributed by atoms with van der Waals surface area (Å²) in [5.74, 6) is -2.46. The maximum absolute atomic E-state index is 17.2. The van der Waals surface area contributed by atoms with Crippen LogP contribution >= 0.6 is 0 Å². The Kier molecular flexibility index (Phi) is 11.8. The second-order valence-corrected chi connectivity index (χ2v) is 22.7. The zero-order valence-corrected chi connectivity index (χ0v) is 41.5. The number of piperidine rings is 4. The number of nitrogens with one attached hydrogen (secondary N) is 1. The van der Waals surface area contributed by atoms with Gasteiger partial charge in [-0.15, -0.1) is 0 Å². The zero-order chi connectivity index (χ0) is 50.6. The third-order valence-electron chi connectivity index (χ3n) is 17.6. The van der Waals surface area contributed by atoms with Crippen LogP contribution in [0, 0.1) is 22.5 Å². The molecule has 15 nitrogen and oxygen atoms in total. The number of pyridine rings is 1. The number of hydrogen-bond acceptors (Lipinski definition) is 13. The molecule has 17 heteroatoms. The standard InChI is InChI=1S/C56H62F2N8O7/c1-3-37-42(57)8-6-34-23-36(67)25-40(45(34)37)47-46(58)48-41(28-59-47)49(65-18-4-13-54(2,72)29-65)62-53(61-48)73-31-56(14-15-56)30-63-21-16-55(17-22-63)26-35(27-55)64-19-11-32(12-20-64)33-5-7-38-39(24-33)52(71)66(51(38)70)43-9-10-44(68)60-50(43)69/h5-8,23-25,28,32,35,43,67,72H,3-4,9-22,26-27,29-31H2,1-2H3,(H,60,68,69)/t43?,54-/m1/s1. The average molecular weight is 997 g/mol. The second kappa shape index (κ2) is 18.0. The fraction of sp³-hybridized carbons (Fsp3) is 0.518. The van der Waals surface area contributed by atoms with Gasteiger partial charge in [-0.2, -0.15) is 9.97 Å². The molecule has 0 bridgehead atoms. The molecule has 1 spiro atoms. The highest BCUT2D eigenvalue weighted by atomic mass is 19.1. The molecule has 382 valence electrons. The van der Waals surface area contributed by atoms with Gasteiger partial charge in [0.25, 0.3) is 11.8 Å². The summed E-state index contributed by atoms with van der Waals surface area (Å²) >= 11 is 0. The Morgan fingerprint density at radius 3 is 2.36 bits per heavy atom. The molecular formula is C56H62F2N8O7. The van der Waals surface area contributed by atoms with Crippen LogP contribution < -0.4 is 15.0 Å². The van der Waals surface area contributed by atoms with Crippen molar-refractivity contribution in [1.29, 1.82) is 0 Å². The lowest BCUT2D eigenvalue weighted by molar-refractivity contribution is -0.136. The largest absolute Gasteiger partial charge is 0.508 e. The van der Waals surface area contributed by atoms with Crippen LogP contribution in [0.2, 0.25) is 0 Å². The summed E-state index contributed by atoms with van der Waals surface area (Å²) < 4.78 is 38.8. The number of hydrogen-bond donors (Lipinski definition) is 3. The van der Waals surface area contributed by atoms with Gasteiger partial charge < -0.3 is 29.6 Å². The number of rotatable bonds is 11. The number of halogens is 2. The molecule has 5 aliphatic heterocycles. The first kappa shape index (κ1) is 47.8. The number of aryl methyl sites for hydroxylation is 1. The Labute approximate surface area is 422 Å². The third-order valence-corrected chi connectivity index (χ3v) is 17.6. The molecule has 2 saturated carbocycles. The topological polar surface area (TPSA) is 182 Å². The average Bonchev–Trinajstić information content (AvgIpc) is 4.09. The molecule has 6 fully saturated rings. The molecule has 73 heavy (non-hydrogen) atoms. The molecule has 12 rings (SSSR count). The van der Waals surface area contributed by atoms with Crippen molar-refractivity contribution in [3.05, 3.63) is 82.5 Å². The van der Waals surface area contributed by atoms with Crippen LogP contribution in [0.3, 0.4) is 0 Å². The number of phenolic OH excluding ortho intramolecular Hbond substituents is 1. The van der Waals surface area contributed by atoms with E-state index in [1.807, 2.05) is 24.0 Å². The first-order valence-electron chi connectivity index (χ1n) is 26.3. The van der Waals surface area contributed by atoms with Gasteiger partial charge in [-0.1, -0.05) is 19.1 Å². The number of anilines is 1. The van der Waals surface area contributed by atoms with Crippen LogP contribution in [0.4, 0.5) is 14.6 Å². The molecule has 3 aromatic carbocycles. The molecule has 5 aromatic rings. The molecule has 4 saturated heterocycles. The van der Waals surface area contributed by atoms with Crippen LogP contribution in [0.1, 0.15) is 129 Å². The number of phenols is 1. The quantitative estimate of drug-likeness (QED) is 0.111. The summed E-state index contributed by atoms with van der Waals surface area (Å²) in [6.07, 6.45) is 12.1. The smallest absolute Gasteiger partial charge is 0.319 e. The van der Waals surface area contributed by atoms with Crippen molar-refractivity contribution >= 4 is 51.1 Å². The van der Waals surface area contributed by atoms with E-state index in [4.69, 9.17) is 14.7 Å². The lowest BCUT2D eigenvalue weighted by Gasteiger charge is -2.56. The predicted molar refractivity (Wildman–Crippen MR) is 268 cm³/mol. The van der Waals surface area contributed by atoms with E-state index in [1.165, 1.54) is 37.2 Å². The molecule has 3 N–H and O–H groups in total.